The number of carbonyl (C=O) groups is 1. The van der Waals surface area contributed by atoms with Gasteiger partial charge in [0, 0.05) is 12.8 Å². The summed E-state index contributed by atoms with van der Waals surface area (Å²) >= 11 is 0. The Balaban J connectivity index is 2.51. The Morgan fingerprint density at radius 3 is 2.73 bits per heavy atom. The number of rotatable bonds is 5. The Kier molecular flexibility index (Phi) is 4.40. The van der Waals surface area contributed by atoms with E-state index >= 15 is 0 Å². The highest BCUT2D eigenvalue weighted by molar-refractivity contribution is 5.77. The molecule has 0 atom stereocenters. The molecule has 1 rings (SSSR count). The summed E-state index contributed by atoms with van der Waals surface area (Å²) in [7, 11) is 0. The van der Waals surface area contributed by atoms with Crippen molar-refractivity contribution in [3.8, 4) is 0 Å². The number of ketones is 1. The van der Waals surface area contributed by atoms with Crippen LogP contribution in [0.2, 0.25) is 0 Å². The Morgan fingerprint density at radius 1 is 1.33 bits per heavy atom. The first kappa shape index (κ1) is 11.8. The molecule has 82 valence electrons. The zero-order valence-electron chi connectivity index (χ0n) is 8.72. The molecule has 0 heterocycles. The van der Waals surface area contributed by atoms with Gasteiger partial charge in [-0.05, 0) is 24.5 Å². The van der Waals surface area contributed by atoms with E-state index in [2.05, 4.69) is 0 Å². The predicted octanol–water partition coefficient (Wildman–Crippen LogP) is 3.27. The van der Waals surface area contributed by atoms with Crippen LogP contribution in [-0.4, -0.2) is 5.78 Å². The van der Waals surface area contributed by atoms with Crippen LogP contribution in [0.5, 0.6) is 0 Å². The molecule has 1 aromatic rings. The number of hydrogen-bond acceptors (Lipinski definition) is 1. The van der Waals surface area contributed by atoms with Crippen molar-refractivity contribution < 1.29 is 13.6 Å². The molecule has 0 saturated heterocycles. The highest BCUT2D eigenvalue weighted by atomic mass is 19.2. The third-order valence-electron chi connectivity index (χ3n) is 2.33. The average molecular weight is 212 g/mol. The van der Waals surface area contributed by atoms with Gasteiger partial charge < -0.3 is 0 Å². The first-order chi connectivity index (χ1) is 7.15. The molecule has 0 fully saturated rings. The van der Waals surface area contributed by atoms with E-state index < -0.39 is 11.6 Å². The lowest BCUT2D eigenvalue weighted by Gasteiger charge is -2.02. The first-order valence-electron chi connectivity index (χ1n) is 5.09. The van der Waals surface area contributed by atoms with Gasteiger partial charge in [-0.25, -0.2) is 8.78 Å². The van der Waals surface area contributed by atoms with E-state index in [1.54, 1.807) is 13.0 Å². The van der Waals surface area contributed by atoms with Crippen LogP contribution in [0.3, 0.4) is 0 Å². The highest BCUT2D eigenvalue weighted by Crippen LogP contribution is 2.14. The van der Waals surface area contributed by atoms with Gasteiger partial charge in [0.25, 0.3) is 0 Å². The van der Waals surface area contributed by atoms with Gasteiger partial charge in [0.15, 0.2) is 11.6 Å². The summed E-state index contributed by atoms with van der Waals surface area (Å²) < 4.78 is 25.9. The minimum absolute atomic E-state index is 0.159. The van der Waals surface area contributed by atoms with E-state index in [9.17, 15) is 13.6 Å². The summed E-state index contributed by atoms with van der Waals surface area (Å²) in [4.78, 5) is 11.0. The van der Waals surface area contributed by atoms with Gasteiger partial charge in [0.2, 0.25) is 0 Å². The Bertz CT molecular complexity index is 347. The Hall–Kier alpha value is -1.25. The van der Waals surface area contributed by atoms with Crippen LogP contribution in [0.1, 0.15) is 31.7 Å². The second-order valence-corrected chi connectivity index (χ2v) is 3.46. The van der Waals surface area contributed by atoms with Crippen LogP contribution in [0.25, 0.3) is 0 Å². The molecular formula is C12H14F2O. The molecule has 0 aliphatic rings. The molecule has 0 amide bonds. The lowest BCUT2D eigenvalue weighted by Crippen LogP contribution is -1.98. The molecule has 0 N–H and O–H groups in total. The molecule has 0 radical (unpaired) electrons. The largest absolute Gasteiger partial charge is 0.300 e. The van der Waals surface area contributed by atoms with Crippen molar-refractivity contribution in [2.75, 3.05) is 0 Å². The molecule has 15 heavy (non-hydrogen) atoms. The van der Waals surface area contributed by atoms with Crippen molar-refractivity contribution in [1.29, 1.82) is 0 Å². The molecule has 3 heteroatoms. The third kappa shape index (κ3) is 3.42. The van der Waals surface area contributed by atoms with Gasteiger partial charge in [0.1, 0.15) is 5.78 Å². The van der Waals surface area contributed by atoms with E-state index in [1.807, 2.05) is 0 Å². The van der Waals surface area contributed by atoms with Crippen LogP contribution >= 0.6 is 0 Å². The van der Waals surface area contributed by atoms with Crippen molar-refractivity contribution >= 4 is 5.78 Å². The third-order valence-corrected chi connectivity index (χ3v) is 2.33. The Labute approximate surface area is 88.1 Å². The average Bonchev–Trinajstić information content (AvgIpc) is 2.24. The van der Waals surface area contributed by atoms with Gasteiger partial charge in [-0.3, -0.25) is 4.79 Å². The second-order valence-electron chi connectivity index (χ2n) is 3.46. The molecule has 0 aliphatic carbocycles. The molecule has 1 aromatic carbocycles. The number of halogens is 2. The fraction of sp³-hybridized carbons (Fsp3) is 0.417. The van der Waals surface area contributed by atoms with Crippen molar-refractivity contribution in [3.63, 3.8) is 0 Å². The van der Waals surface area contributed by atoms with Crippen molar-refractivity contribution in [2.45, 2.75) is 32.6 Å². The van der Waals surface area contributed by atoms with Crippen molar-refractivity contribution in [1.82, 2.24) is 0 Å². The zero-order valence-corrected chi connectivity index (χ0v) is 8.72. The summed E-state index contributed by atoms with van der Waals surface area (Å²) in [5.74, 6) is -1.46. The normalized spacial score (nSPS) is 10.3. The maximum atomic E-state index is 13.1. The molecule has 0 bridgehead atoms. The smallest absolute Gasteiger partial charge is 0.162 e. The monoisotopic (exact) mass is 212 g/mol. The second kappa shape index (κ2) is 5.59. The van der Waals surface area contributed by atoms with Gasteiger partial charge in [-0.2, -0.15) is 0 Å². The molecule has 1 nitrogen and oxygen atoms in total. The van der Waals surface area contributed by atoms with Crippen LogP contribution in [-0.2, 0) is 11.2 Å². The van der Waals surface area contributed by atoms with E-state index in [1.165, 1.54) is 6.07 Å². The molecular weight excluding hydrogens is 198 g/mol. The quantitative estimate of drug-likeness (QED) is 0.732. The standard InChI is InChI=1S/C12H14F2O/c1-2-10(15)7-3-5-9-6-4-8-11(13)12(9)14/h4,6,8H,2-3,5,7H2,1H3. The minimum atomic E-state index is -0.825. The molecule has 0 saturated carbocycles. The van der Waals surface area contributed by atoms with Crippen LogP contribution in [0, 0.1) is 11.6 Å². The molecule has 0 spiro atoms. The first-order valence-corrected chi connectivity index (χ1v) is 5.09. The maximum absolute atomic E-state index is 13.1. The van der Waals surface area contributed by atoms with Gasteiger partial charge >= 0.3 is 0 Å². The number of aryl methyl sites for hydroxylation is 1. The van der Waals surface area contributed by atoms with E-state index in [-0.39, 0.29) is 5.78 Å². The molecule has 0 aromatic heterocycles. The SMILES string of the molecule is CCC(=O)CCCc1cccc(F)c1F. The molecule has 0 unspecified atom stereocenters. The summed E-state index contributed by atoms with van der Waals surface area (Å²) in [5, 5.41) is 0. The Morgan fingerprint density at radius 2 is 2.07 bits per heavy atom. The van der Waals surface area contributed by atoms with Gasteiger partial charge in [-0.15, -0.1) is 0 Å². The zero-order chi connectivity index (χ0) is 11.3. The number of hydrogen-bond donors (Lipinski definition) is 0. The van der Waals surface area contributed by atoms with Crippen molar-refractivity contribution in [3.05, 3.63) is 35.4 Å². The van der Waals surface area contributed by atoms with Crippen molar-refractivity contribution in [2.24, 2.45) is 0 Å². The van der Waals surface area contributed by atoms with E-state index in [0.717, 1.165) is 6.07 Å². The van der Waals surface area contributed by atoms with Gasteiger partial charge in [0.05, 0.1) is 0 Å². The van der Waals surface area contributed by atoms with E-state index in [4.69, 9.17) is 0 Å². The summed E-state index contributed by atoms with van der Waals surface area (Å²) in [6, 6.07) is 4.13. The summed E-state index contributed by atoms with van der Waals surface area (Å²) in [6.07, 6.45) is 1.93. The fourth-order valence-corrected chi connectivity index (χ4v) is 1.39. The maximum Gasteiger partial charge on any atom is 0.162 e. The van der Waals surface area contributed by atoms with Crippen LogP contribution in [0.4, 0.5) is 8.78 Å². The fourth-order valence-electron chi connectivity index (χ4n) is 1.39. The lowest BCUT2D eigenvalue weighted by atomic mass is 10.1. The molecule has 0 aliphatic heterocycles. The van der Waals surface area contributed by atoms with E-state index in [0.29, 0.717) is 31.2 Å². The summed E-state index contributed by atoms with van der Waals surface area (Å²) in [5.41, 5.74) is 0.346. The van der Waals surface area contributed by atoms with Crippen LogP contribution in [0.15, 0.2) is 18.2 Å². The lowest BCUT2D eigenvalue weighted by molar-refractivity contribution is -0.118. The summed E-state index contributed by atoms with van der Waals surface area (Å²) in [6.45, 7) is 1.80. The number of Topliss-reactive ketones (excluding diaryl/α,β-unsaturated/α-hetero) is 1. The minimum Gasteiger partial charge on any atom is -0.300 e. The topological polar surface area (TPSA) is 17.1 Å². The number of carbonyl (C=O) groups excluding carboxylic acids is 1. The number of benzene rings is 1. The van der Waals surface area contributed by atoms with Crippen LogP contribution < -0.4 is 0 Å². The highest BCUT2D eigenvalue weighted by Gasteiger charge is 2.07. The van der Waals surface area contributed by atoms with Gasteiger partial charge in [-0.1, -0.05) is 19.1 Å². The predicted molar refractivity (Wildman–Crippen MR) is 54.6 cm³/mol.